The second-order valence-electron chi connectivity index (χ2n) is 4.00. The zero-order valence-electron chi connectivity index (χ0n) is 8.95. The normalized spacial score (nSPS) is 15.8. The number of aryl methyl sites for hydroxylation is 1. The van der Waals surface area contributed by atoms with Crippen LogP contribution in [0.5, 0.6) is 0 Å². The second-order valence-corrected chi connectivity index (χ2v) is 4.44. The molecule has 0 saturated carbocycles. The lowest BCUT2D eigenvalue weighted by Crippen LogP contribution is -2.48. The molecule has 1 aliphatic rings. The van der Waals surface area contributed by atoms with E-state index < -0.39 is 0 Å². The molecule has 1 aromatic rings. The summed E-state index contributed by atoms with van der Waals surface area (Å²) in [6.45, 7) is 3.36. The molecule has 0 radical (unpaired) electrons. The van der Waals surface area contributed by atoms with E-state index in [0.717, 1.165) is 19.6 Å². The highest BCUT2D eigenvalue weighted by atomic mass is 35.5. The summed E-state index contributed by atoms with van der Waals surface area (Å²) < 4.78 is 1.67. The summed E-state index contributed by atoms with van der Waals surface area (Å²) in [5.74, 6) is 0.668. The quantitative estimate of drug-likeness (QED) is 0.779. The van der Waals surface area contributed by atoms with E-state index in [4.69, 9.17) is 11.6 Å². The molecule has 88 valence electrons. The molecule has 0 unspecified atom stereocenters. The number of amides is 1. The number of rotatable bonds is 5. The lowest BCUT2D eigenvalue weighted by atomic mass is 10.0. The smallest absolute Gasteiger partial charge is 0.221 e. The molecule has 1 amide bonds. The standard InChI is InChI=1S/C10H15ClN4O/c11-9-6-14-15(7-9)2-1-10(16)13-5-8-3-12-4-8/h6-8,12H,1-5H2,(H,13,16). The summed E-state index contributed by atoms with van der Waals surface area (Å²) in [7, 11) is 0. The molecule has 5 nitrogen and oxygen atoms in total. The van der Waals surface area contributed by atoms with E-state index in [1.54, 1.807) is 17.1 Å². The highest BCUT2D eigenvalue weighted by Gasteiger charge is 2.16. The Morgan fingerprint density at radius 2 is 2.50 bits per heavy atom. The predicted octanol–water partition coefficient (Wildman–Crippen LogP) is 0.262. The molecule has 0 atom stereocenters. The van der Waals surface area contributed by atoms with Crippen molar-refractivity contribution in [1.29, 1.82) is 0 Å². The minimum atomic E-state index is 0.0681. The lowest BCUT2D eigenvalue weighted by Gasteiger charge is -2.27. The van der Waals surface area contributed by atoms with Crippen molar-refractivity contribution in [2.24, 2.45) is 5.92 Å². The van der Waals surface area contributed by atoms with Gasteiger partial charge in [-0.3, -0.25) is 9.48 Å². The maximum atomic E-state index is 11.5. The minimum Gasteiger partial charge on any atom is -0.356 e. The third-order valence-corrected chi connectivity index (χ3v) is 2.82. The van der Waals surface area contributed by atoms with Crippen LogP contribution in [0.1, 0.15) is 6.42 Å². The first kappa shape index (κ1) is 11.4. The van der Waals surface area contributed by atoms with Crippen LogP contribution in [0.3, 0.4) is 0 Å². The highest BCUT2D eigenvalue weighted by molar-refractivity contribution is 6.30. The van der Waals surface area contributed by atoms with Gasteiger partial charge < -0.3 is 10.6 Å². The van der Waals surface area contributed by atoms with Gasteiger partial charge >= 0.3 is 0 Å². The number of carbonyl (C=O) groups is 1. The molecule has 0 bridgehead atoms. The Labute approximate surface area is 99.2 Å². The third-order valence-electron chi connectivity index (χ3n) is 2.62. The predicted molar refractivity (Wildman–Crippen MR) is 61.2 cm³/mol. The molecule has 16 heavy (non-hydrogen) atoms. The van der Waals surface area contributed by atoms with Crippen LogP contribution in [0.25, 0.3) is 0 Å². The minimum absolute atomic E-state index is 0.0681. The van der Waals surface area contributed by atoms with Gasteiger partial charge in [0.1, 0.15) is 0 Å². The largest absolute Gasteiger partial charge is 0.356 e. The van der Waals surface area contributed by atoms with E-state index in [0.29, 0.717) is 23.9 Å². The Hall–Kier alpha value is -1.07. The van der Waals surface area contributed by atoms with Crippen molar-refractivity contribution in [3.8, 4) is 0 Å². The fraction of sp³-hybridized carbons (Fsp3) is 0.600. The maximum Gasteiger partial charge on any atom is 0.221 e. The van der Waals surface area contributed by atoms with Crippen LogP contribution in [-0.2, 0) is 11.3 Å². The number of hydrogen-bond donors (Lipinski definition) is 2. The molecule has 0 aromatic carbocycles. The van der Waals surface area contributed by atoms with E-state index >= 15 is 0 Å². The molecule has 2 N–H and O–H groups in total. The number of nitrogens with zero attached hydrogens (tertiary/aromatic N) is 2. The first-order chi connectivity index (χ1) is 7.74. The van der Waals surface area contributed by atoms with Crippen LogP contribution in [0.2, 0.25) is 5.02 Å². The molecule has 2 heterocycles. The number of halogens is 1. The van der Waals surface area contributed by atoms with Crippen molar-refractivity contribution in [2.45, 2.75) is 13.0 Å². The van der Waals surface area contributed by atoms with Gasteiger partial charge in [-0.15, -0.1) is 0 Å². The van der Waals surface area contributed by atoms with Crippen molar-refractivity contribution < 1.29 is 4.79 Å². The highest BCUT2D eigenvalue weighted by Crippen LogP contribution is 2.05. The van der Waals surface area contributed by atoms with Gasteiger partial charge in [-0.25, -0.2) is 0 Å². The van der Waals surface area contributed by atoms with Crippen molar-refractivity contribution >= 4 is 17.5 Å². The van der Waals surface area contributed by atoms with Gasteiger partial charge in [0.15, 0.2) is 0 Å². The molecule has 0 aliphatic carbocycles. The number of carbonyl (C=O) groups excluding carboxylic acids is 1. The fourth-order valence-corrected chi connectivity index (χ4v) is 1.67. The summed E-state index contributed by atoms with van der Waals surface area (Å²) in [5, 5.41) is 10.7. The Balaban J connectivity index is 1.63. The first-order valence-corrected chi connectivity index (χ1v) is 5.77. The summed E-state index contributed by atoms with van der Waals surface area (Å²) in [6, 6.07) is 0. The van der Waals surface area contributed by atoms with Gasteiger partial charge in [-0.2, -0.15) is 5.10 Å². The van der Waals surface area contributed by atoms with Crippen LogP contribution in [0, 0.1) is 5.92 Å². The van der Waals surface area contributed by atoms with Crippen molar-refractivity contribution in [1.82, 2.24) is 20.4 Å². The van der Waals surface area contributed by atoms with Gasteiger partial charge in [-0.1, -0.05) is 11.6 Å². The number of hydrogen-bond acceptors (Lipinski definition) is 3. The molecule has 6 heteroatoms. The van der Waals surface area contributed by atoms with E-state index in [-0.39, 0.29) is 5.91 Å². The van der Waals surface area contributed by atoms with Gasteiger partial charge in [0.2, 0.25) is 5.91 Å². The third kappa shape index (κ3) is 3.21. The zero-order chi connectivity index (χ0) is 11.4. The molecule has 1 aliphatic heterocycles. The summed E-state index contributed by atoms with van der Waals surface area (Å²) >= 11 is 5.71. The van der Waals surface area contributed by atoms with Crippen LogP contribution < -0.4 is 10.6 Å². The summed E-state index contributed by atoms with van der Waals surface area (Å²) in [6.07, 6.45) is 3.72. The van der Waals surface area contributed by atoms with Gasteiger partial charge in [0, 0.05) is 44.7 Å². The Morgan fingerprint density at radius 1 is 1.69 bits per heavy atom. The molecule has 1 aromatic heterocycles. The SMILES string of the molecule is O=C(CCn1cc(Cl)cn1)NCC1CNC1. The van der Waals surface area contributed by atoms with E-state index in [1.165, 1.54) is 0 Å². The maximum absolute atomic E-state index is 11.5. The number of nitrogens with one attached hydrogen (secondary N) is 2. The number of aromatic nitrogens is 2. The summed E-state index contributed by atoms with van der Waals surface area (Å²) in [4.78, 5) is 11.5. The molecular weight excluding hydrogens is 228 g/mol. The fourth-order valence-electron chi connectivity index (χ4n) is 1.52. The Bertz CT molecular complexity index is 361. The van der Waals surface area contributed by atoms with E-state index in [9.17, 15) is 4.79 Å². The van der Waals surface area contributed by atoms with Gasteiger partial charge in [0.25, 0.3) is 0 Å². The average Bonchev–Trinajstić information content (AvgIpc) is 2.59. The monoisotopic (exact) mass is 242 g/mol. The zero-order valence-corrected chi connectivity index (χ0v) is 9.70. The topological polar surface area (TPSA) is 59.0 Å². The van der Waals surface area contributed by atoms with Crippen molar-refractivity contribution in [2.75, 3.05) is 19.6 Å². The lowest BCUT2D eigenvalue weighted by molar-refractivity contribution is -0.121. The van der Waals surface area contributed by atoms with E-state index in [1.807, 2.05) is 0 Å². The van der Waals surface area contributed by atoms with Crippen LogP contribution in [0.15, 0.2) is 12.4 Å². The molecular formula is C10H15ClN4O. The molecule has 1 saturated heterocycles. The van der Waals surface area contributed by atoms with Crippen LogP contribution in [0.4, 0.5) is 0 Å². The van der Waals surface area contributed by atoms with Crippen molar-refractivity contribution in [3.63, 3.8) is 0 Å². The van der Waals surface area contributed by atoms with Crippen LogP contribution >= 0.6 is 11.6 Å². The summed E-state index contributed by atoms with van der Waals surface area (Å²) in [5.41, 5.74) is 0. The van der Waals surface area contributed by atoms with Gasteiger partial charge in [0.05, 0.1) is 11.2 Å². The van der Waals surface area contributed by atoms with Crippen molar-refractivity contribution in [3.05, 3.63) is 17.4 Å². The first-order valence-electron chi connectivity index (χ1n) is 5.39. The second kappa shape index (κ2) is 5.32. The van der Waals surface area contributed by atoms with E-state index in [2.05, 4.69) is 15.7 Å². The molecule has 2 rings (SSSR count). The Morgan fingerprint density at radius 3 is 3.06 bits per heavy atom. The van der Waals surface area contributed by atoms with Crippen LogP contribution in [-0.4, -0.2) is 35.3 Å². The molecule has 0 spiro atoms. The molecule has 1 fully saturated rings. The Kier molecular flexibility index (Phi) is 3.79. The van der Waals surface area contributed by atoms with Gasteiger partial charge in [-0.05, 0) is 0 Å². The average molecular weight is 243 g/mol.